The van der Waals surface area contributed by atoms with Gasteiger partial charge < -0.3 is 10.3 Å². The molecule has 2 aromatic rings. The molecule has 1 atom stereocenters. The van der Waals surface area contributed by atoms with Gasteiger partial charge in [0.2, 0.25) is 0 Å². The van der Waals surface area contributed by atoms with Crippen LogP contribution in [0.25, 0.3) is 0 Å². The average molecular weight is 364 g/mol. The standard InChI is InChI=1S/C17H22BrN3O/c1-3-21(4-2)16(13-8-6-5-7-9-13)12-20-17(22)15-10-14(18)11-19-15/h5-11,16,19H,3-4,12H2,1-2H3,(H,20,22). The molecule has 0 saturated heterocycles. The van der Waals surface area contributed by atoms with E-state index in [0.717, 1.165) is 17.6 Å². The summed E-state index contributed by atoms with van der Waals surface area (Å²) in [5, 5.41) is 3.03. The first kappa shape index (κ1) is 16.8. The molecule has 0 aliphatic heterocycles. The van der Waals surface area contributed by atoms with E-state index in [4.69, 9.17) is 0 Å². The lowest BCUT2D eigenvalue weighted by atomic mass is 10.1. The number of hydrogen-bond donors (Lipinski definition) is 2. The third kappa shape index (κ3) is 4.21. The van der Waals surface area contributed by atoms with E-state index in [1.807, 2.05) is 18.2 Å². The quantitative estimate of drug-likeness (QED) is 0.789. The predicted octanol–water partition coefficient (Wildman–Crippen LogP) is 3.59. The molecule has 0 fully saturated rings. The molecule has 2 rings (SSSR count). The van der Waals surface area contributed by atoms with Gasteiger partial charge in [0.15, 0.2) is 0 Å². The fourth-order valence-electron chi connectivity index (χ4n) is 2.58. The van der Waals surface area contributed by atoms with Crippen LogP contribution in [0.5, 0.6) is 0 Å². The number of halogens is 1. The maximum absolute atomic E-state index is 12.2. The molecule has 0 aliphatic carbocycles. The van der Waals surface area contributed by atoms with Gasteiger partial charge in [0.05, 0.1) is 6.04 Å². The molecule has 1 aromatic carbocycles. The van der Waals surface area contributed by atoms with Gasteiger partial charge in [0.25, 0.3) is 5.91 Å². The highest BCUT2D eigenvalue weighted by atomic mass is 79.9. The number of nitrogens with one attached hydrogen (secondary N) is 2. The van der Waals surface area contributed by atoms with E-state index in [9.17, 15) is 4.79 Å². The third-order valence-corrected chi connectivity index (χ3v) is 4.24. The molecule has 1 unspecified atom stereocenters. The van der Waals surface area contributed by atoms with E-state index in [0.29, 0.717) is 12.2 Å². The van der Waals surface area contributed by atoms with E-state index < -0.39 is 0 Å². The summed E-state index contributed by atoms with van der Waals surface area (Å²) in [7, 11) is 0. The minimum atomic E-state index is -0.0845. The number of likely N-dealkylation sites (N-methyl/N-ethyl adjacent to an activating group) is 1. The molecule has 1 aromatic heterocycles. The predicted molar refractivity (Wildman–Crippen MR) is 92.9 cm³/mol. The van der Waals surface area contributed by atoms with E-state index >= 15 is 0 Å². The summed E-state index contributed by atoms with van der Waals surface area (Å²) in [4.78, 5) is 17.5. The Balaban J connectivity index is 2.08. The Morgan fingerprint density at radius 3 is 2.50 bits per heavy atom. The number of benzene rings is 1. The zero-order chi connectivity index (χ0) is 15.9. The monoisotopic (exact) mass is 363 g/mol. The summed E-state index contributed by atoms with van der Waals surface area (Å²) in [6, 6.07) is 12.3. The van der Waals surface area contributed by atoms with Gasteiger partial charge in [-0.2, -0.15) is 0 Å². The van der Waals surface area contributed by atoms with Gasteiger partial charge in [-0.15, -0.1) is 0 Å². The lowest BCUT2D eigenvalue weighted by molar-refractivity contribution is 0.0930. The van der Waals surface area contributed by atoms with Crippen LogP contribution in [0.4, 0.5) is 0 Å². The van der Waals surface area contributed by atoms with Crippen molar-refractivity contribution < 1.29 is 4.79 Å². The number of nitrogens with zero attached hydrogens (tertiary/aromatic N) is 1. The van der Waals surface area contributed by atoms with Crippen molar-refractivity contribution >= 4 is 21.8 Å². The lowest BCUT2D eigenvalue weighted by Gasteiger charge is -2.30. The molecule has 1 amide bonds. The summed E-state index contributed by atoms with van der Waals surface area (Å²) in [5.74, 6) is -0.0845. The SMILES string of the molecule is CCN(CC)C(CNC(=O)c1cc(Br)c[nH]1)c1ccccc1. The third-order valence-electron chi connectivity index (χ3n) is 3.79. The molecule has 118 valence electrons. The fourth-order valence-corrected chi connectivity index (χ4v) is 2.92. The zero-order valence-corrected chi connectivity index (χ0v) is 14.6. The number of H-pyrrole nitrogens is 1. The van der Waals surface area contributed by atoms with Crippen molar-refractivity contribution in [3.05, 3.63) is 58.3 Å². The van der Waals surface area contributed by atoms with Crippen molar-refractivity contribution in [2.45, 2.75) is 19.9 Å². The minimum absolute atomic E-state index is 0.0845. The highest BCUT2D eigenvalue weighted by Crippen LogP contribution is 2.19. The molecule has 2 N–H and O–H groups in total. The van der Waals surface area contributed by atoms with E-state index in [1.54, 1.807) is 12.3 Å². The number of amides is 1. The number of aromatic nitrogens is 1. The Kier molecular flexibility index (Phi) is 6.21. The van der Waals surface area contributed by atoms with Crippen LogP contribution in [-0.2, 0) is 0 Å². The van der Waals surface area contributed by atoms with E-state index in [1.165, 1.54) is 5.56 Å². The molecule has 0 bridgehead atoms. The Labute approximate surface area is 140 Å². The molecule has 22 heavy (non-hydrogen) atoms. The van der Waals surface area contributed by atoms with Crippen LogP contribution in [0, 0.1) is 0 Å². The van der Waals surface area contributed by atoms with Crippen molar-refractivity contribution in [2.24, 2.45) is 0 Å². The summed E-state index contributed by atoms with van der Waals surface area (Å²) in [5.41, 5.74) is 1.79. The Hall–Kier alpha value is -1.59. The number of carbonyl (C=O) groups is 1. The van der Waals surface area contributed by atoms with Gasteiger partial charge in [0, 0.05) is 17.2 Å². The van der Waals surface area contributed by atoms with Gasteiger partial charge in [-0.05, 0) is 40.6 Å². The molecule has 4 nitrogen and oxygen atoms in total. The molecular formula is C17H22BrN3O. The highest BCUT2D eigenvalue weighted by Gasteiger charge is 2.19. The van der Waals surface area contributed by atoms with Crippen molar-refractivity contribution in [3.8, 4) is 0 Å². The first-order chi connectivity index (χ1) is 10.7. The Bertz CT molecular complexity index is 593. The smallest absolute Gasteiger partial charge is 0.267 e. The summed E-state index contributed by atoms with van der Waals surface area (Å²) in [6.45, 7) is 6.76. The van der Waals surface area contributed by atoms with Crippen molar-refractivity contribution in [1.29, 1.82) is 0 Å². The topological polar surface area (TPSA) is 48.1 Å². The van der Waals surface area contributed by atoms with E-state index in [-0.39, 0.29) is 11.9 Å². The van der Waals surface area contributed by atoms with Crippen LogP contribution in [-0.4, -0.2) is 35.4 Å². The van der Waals surface area contributed by atoms with Gasteiger partial charge in [-0.3, -0.25) is 9.69 Å². The molecule has 1 heterocycles. The molecular weight excluding hydrogens is 342 g/mol. The van der Waals surface area contributed by atoms with E-state index in [2.05, 4.69) is 57.1 Å². The largest absolute Gasteiger partial charge is 0.356 e. The van der Waals surface area contributed by atoms with Gasteiger partial charge in [0.1, 0.15) is 5.69 Å². The lowest BCUT2D eigenvalue weighted by Crippen LogP contribution is -2.38. The van der Waals surface area contributed by atoms with Crippen molar-refractivity contribution in [3.63, 3.8) is 0 Å². The Morgan fingerprint density at radius 1 is 1.27 bits per heavy atom. The first-order valence-corrected chi connectivity index (χ1v) is 8.36. The maximum atomic E-state index is 12.2. The number of hydrogen-bond acceptors (Lipinski definition) is 2. The van der Waals surface area contributed by atoms with Crippen LogP contribution in [0.15, 0.2) is 47.1 Å². The van der Waals surface area contributed by atoms with Gasteiger partial charge in [-0.25, -0.2) is 0 Å². The van der Waals surface area contributed by atoms with Gasteiger partial charge in [-0.1, -0.05) is 44.2 Å². The normalized spacial score (nSPS) is 12.4. The average Bonchev–Trinajstić information content (AvgIpc) is 2.98. The second-order valence-corrected chi connectivity index (χ2v) is 6.00. The number of rotatable bonds is 7. The number of aromatic amines is 1. The molecule has 0 aliphatic rings. The molecule has 0 saturated carbocycles. The van der Waals surface area contributed by atoms with Crippen molar-refractivity contribution in [1.82, 2.24) is 15.2 Å². The zero-order valence-electron chi connectivity index (χ0n) is 13.0. The minimum Gasteiger partial charge on any atom is -0.356 e. The second kappa shape index (κ2) is 8.15. The van der Waals surface area contributed by atoms with Crippen LogP contribution in [0.1, 0.15) is 35.9 Å². The summed E-state index contributed by atoms with van der Waals surface area (Å²) < 4.78 is 0.876. The maximum Gasteiger partial charge on any atom is 0.267 e. The highest BCUT2D eigenvalue weighted by molar-refractivity contribution is 9.10. The van der Waals surface area contributed by atoms with Crippen LogP contribution in [0.3, 0.4) is 0 Å². The Morgan fingerprint density at radius 2 is 1.95 bits per heavy atom. The summed E-state index contributed by atoms with van der Waals surface area (Å²) >= 11 is 3.34. The molecule has 5 heteroatoms. The van der Waals surface area contributed by atoms with Crippen molar-refractivity contribution in [2.75, 3.05) is 19.6 Å². The molecule has 0 spiro atoms. The first-order valence-electron chi connectivity index (χ1n) is 7.56. The van der Waals surface area contributed by atoms with Crippen LogP contribution < -0.4 is 5.32 Å². The molecule has 0 radical (unpaired) electrons. The van der Waals surface area contributed by atoms with Crippen LogP contribution >= 0.6 is 15.9 Å². The number of carbonyl (C=O) groups excluding carboxylic acids is 1. The summed E-state index contributed by atoms with van der Waals surface area (Å²) in [6.07, 6.45) is 1.76. The van der Waals surface area contributed by atoms with Gasteiger partial charge >= 0.3 is 0 Å². The van der Waals surface area contributed by atoms with Crippen LogP contribution in [0.2, 0.25) is 0 Å². The fraction of sp³-hybridized carbons (Fsp3) is 0.353. The second-order valence-electron chi connectivity index (χ2n) is 5.09.